The molecule has 8 heteroatoms. The van der Waals surface area contributed by atoms with Crippen molar-refractivity contribution in [3.8, 4) is 0 Å². The minimum absolute atomic E-state index is 0.300. The maximum atomic E-state index is 12.2. The van der Waals surface area contributed by atoms with Gasteiger partial charge < -0.3 is 9.64 Å². The number of thioether (sulfide) groups is 1. The number of rotatable bonds is 5. The van der Waals surface area contributed by atoms with E-state index in [4.69, 9.17) is 28.6 Å². The largest absolute Gasteiger partial charge is 0.500 e. The number of carbonyl (C=O) groups is 1. The number of anilines is 1. The second-order valence-electron chi connectivity index (χ2n) is 4.77. The van der Waals surface area contributed by atoms with Crippen LogP contribution in [0.2, 0.25) is 5.02 Å². The lowest BCUT2D eigenvalue weighted by Gasteiger charge is -2.13. The van der Waals surface area contributed by atoms with E-state index in [0.29, 0.717) is 26.4 Å². The van der Waals surface area contributed by atoms with Gasteiger partial charge in [0.2, 0.25) is 0 Å². The van der Waals surface area contributed by atoms with Crippen molar-refractivity contribution in [1.82, 2.24) is 5.01 Å². The first-order valence-corrected chi connectivity index (χ1v) is 8.43. The number of benzene rings is 1. The number of ether oxygens (including phenoxy) is 1. The van der Waals surface area contributed by atoms with Crippen molar-refractivity contribution in [3.63, 3.8) is 0 Å². The molecule has 0 atom stereocenters. The Kier molecular flexibility index (Phi) is 6.04. The Balaban J connectivity index is 2.17. The normalized spacial score (nSPS) is 16.7. The summed E-state index contributed by atoms with van der Waals surface area (Å²) < 4.78 is 5.49. The van der Waals surface area contributed by atoms with Gasteiger partial charge in [0.15, 0.2) is 4.32 Å². The first-order valence-electron chi connectivity index (χ1n) is 6.83. The first kappa shape index (κ1) is 17.8. The van der Waals surface area contributed by atoms with Gasteiger partial charge in [-0.15, -0.1) is 0 Å². The van der Waals surface area contributed by atoms with E-state index in [-0.39, 0.29) is 5.91 Å². The Bertz CT molecular complexity index is 689. The average Bonchev–Trinajstić information content (AvgIpc) is 2.78. The fourth-order valence-electron chi connectivity index (χ4n) is 1.72. The molecule has 5 nitrogen and oxygen atoms in total. The summed E-state index contributed by atoms with van der Waals surface area (Å²) in [6, 6.07) is 5.60. The summed E-state index contributed by atoms with van der Waals surface area (Å²) in [5.74, 6) is -0.300. The molecule has 1 saturated heterocycles. The zero-order chi connectivity index (χ0) is 17.0. The van der Waals surface area contributed by atoms with Crippen molar-refractivity contribution in [2.45, 2.75) is 6.92 Å². The van der Waals surface area contributed by atoms with E-state index in [1.807, 2.05) is 44.1 Å². The lowest BCUT2D eigenvalue weighted by atomic mass is 10.2. The Morgan fingerprint density at radius 3 is 2.83 bits per heavy atom. The SMILES string of the molecule is CCO/C=C1/SC(=S)N(/N=C/c2ccc(N(C)C)cc2Cl)C1=O. The molecule has 1 aliphatic rings. The zero-order valence-corrected chi connectivity index (χ0v) is 15.3. The molecular formula is C15H16ClN3O2S2. The fraction of sp³-hybridized carbons (Fsp3) is 0.267. The molecule has 0 aromatic heterocycles. The molecule has 122 valence electrons. The molecule has 1 amide bonds. The predicted molar refractivity (Wildman–Crippen MR) is 100 cm³/mol. The molecule has 1 aromatic rings. The van der Waals surface area contributed by atoms with Gasteiger partial charge in [-0.05, 0) is 49.1 Å². The minimum atomic E-state index is -0.300. The highest BCUT2D eigenvalue weighted by molar-refractivity contribution is 8.26. The first-order chi connectivity index (χ1) is 10.9. The van der Waals surface area contributed by atoms with Gasteiger partial charge in [-0.3, -0.25) is 4.79 Å². The monoisotopic (exact) mass is 369 g/mol. The summed E-state index contributed by atoms with van der Waals surface area (Å²) in [4.78, 5) is 14.6. The summed E-state index contributed by atoms with van der Waals surface area (Å²) in [6.07, 6.45) is 2.93. The van der Waals surface area contributed by atoms with Crippen LogP contribution >= 0.6 is 35.6 Å². The second kappa shape index (κ2) is 7.81. The highest BCUT2D eigenvalue weighted by Gasteiger charge is 2.32. The van der Waals surface area contributed by atoms with E-state index in [1.54, 1.807) is 0 Å². The van der Waals surface area contributed by atoms with Crippen LogP contribution in [0.15, 0.2) is 34.5 Å². The third-order valence-corrected chi connectivity index (χ3v) is 4.53. The van der Waals surface area contributed by atoms with Crippen LogP contribution in [0.3, 0.4) is 0 Å². The van der Waals surface area contributed by atoms with Crippen LogP contribution in [0.25, 0.3) is 0 Å². The van der Waals surface area contributed by atoms with Crippen LogP contribution in [0, 0.1) is 0 Å². The number of carbonyl (C=O) groups excluding carboxylic acids is 1. The second-order valence-corrected chi connectivity index (χ2v) is 6.85. The van der Waals surface area contributed by atoms with Gasteiger partial charge in [0.25, 0.3) is 5.91 Å². The maximum Gasteiger partial charge on any atom is 0.290 e. The zero-order valence-electron chi connectivity index (χ0n) is 12.9. The third kappa shape index (κ3) is 4.25. The van der Waals surface area contributed by atoms with Gasteiger partial charge in [0.1, 0.15) is 11.2 Å². The smallest absolute Gasteiger partial charge is 0.290 e. The van der Waals surface area contributed by atoms with Crippen molar-refractivity contribution in [2.75, 3.05) is 25.6 Å². The van der Waals surface area contributed by atoms with Gasteiger partial charge in [-0.25, -0.2) is 0 Å². The minimum Gasteiger partial charge on any atom is -0.500 e. The van der Waals surface area contributed by atoms with E-state index in [2.05, 4.69) is 5.10 Å². The molecule has 23 heavy (non-hydrogen) atoms. The van der Waals surface area contributed by atoms with E-state index in [1.165, 1.54) is 17.5 Å². The van der Waals surface area contributed by atoms with Crippen molar-refractivity contribution in [3.05, 3.63) is 40.0 Å². The number of thiocarbonyl (C=S) groups is 1. The molecule has 1 fully saturated rings. The van der Waals surface area contributed by atoms with Gasteiger partial charge in [0, 0.05) is 25.3 Å². The Labute approximate surface area is 149 Å². The van der Waals surface area contributed by atoms with Crippen molar-refractivity contribution >= 4 is 57.7 Å². The number of nitrogens with zero attached hydrogens (tertiary/aromatic N) is 3. The summed E-state index contributed by atoms with van der Waals surface area (Å²) in [5.41, 5.74) is 1.69. The molecule has 1 aromatic carbocycles. The van der Waals surface area contributed by atoms with Crippen LogP contribution in [0.1, 0.15) is 12.5 Å². The summed E-state index contributed by atoms with van der Waals surface area (Å²) in [5, 5.41) is 5.87. The number of hydrogen-bond acceptors (Lipinski definition) is 6. The van der Waals surface area contributed by atoms with E-state index in [0.717, 1.165) is 17.4 Å². The van der Waals surface area contributed by atoms with Crippen LogP contribution in [0.4, 0.5) is 5.69 Å². The molecular weight excluding hydrogens is 354 g/mol. The van der Waals surface area contributed by atoms with Gasteiger partial charge in [-0.2, -0.15) is 10.1 Å². The van der Waals surface area contributed by atoms with Gasteiger partial charge >= 0.3 is 0 Å². The van der Waals surface area contributed by atoms with Crippen LogP contribution in [0.5, 0.6) is 0 Å². The molecule has 0 N–H and O–H groups in total. The van der Waals surface area contributed by atoms with Crippen molar-refractivity contribution in [2.24, 2.45) is 5.10 Å². The fourth-order valence-corrected chi connectivity index (χ4v) is 3.04. The highest BCUT2D eigenvalue weighted by Crippen LogP contribution is 2.31. The highest BCUT2D eigenvalue weighted by atomic mass is 35.5. The molecule has 0 radical (unpaired) electrons. The summed E-state index contributed by atoms with van der Waals surface area (Å²) in [7, 11) is 3.87. The molecule has 1 heterocycles. The average molecular weight is 370 g/mol. The lowest BCUT2D eigenvalue weighted by Crippen LogP contribution is -2.22. The molecule has 2 rings (SSSR count). The number of amides is 1. The number of hydrazone groups is 1. The van der Waals surface area contributed by atoms with Crippen molar-refractivity contribution < 1.29 is 9.53 Å². The lowest BCUT2D eigenvalue weighted by molar-refractivity contribution is -0.122. The van der Waals surface area contributed by atoms with E-state index >= 15 is 0 Å². The quantitative estimate of drug-likeness (QED) is 0.344. The molecule has 0 spiro atoms. The molecule has 0 saturated carbocycles. The van der Waals surface area contributed by atoms with E-state index < -0.39 is 0 Å². The molecule has 1 aliphatic heterocycles. The third-order valence-electron chi connectivity index (χ3n) is 2.94. The number of hydrogen-bond donors (Lipinski definition) is 0. The van der Waals surface area contributed by atoms with Gasteiger partial charge in [0.05, 0.1) is 17.8 Å². The summed E-state index contributed by atoms with van der Waals surface area (Å²) >= 11 is 12.6. The molecule has 0 aliphatic carbocycles. The topological polar surface area (TPSA) is 45.1 Å². The Morgan fingerprint density at radius 1 is 1.48 bits per heavy atom. The standard InChI is InChI=1S/C15H16ClN3O2S2/c1-4-21-9-13-14(20)19(15(22)23-13)17-8-10-5-6-11(18(2)3)7-12(10)16/h5-9H,4H2,1-3H3/b13-9+,17-8+. The summed E-state index contributed by atoms with van der Waals surface area (Å²) in [6.45, 7) is 2.33. The molecule has 0 unspecified atom stereocenters. The maximum absolute atomic E-state index is 12.2. The predicted octanol–water partition coefficient (Wildman–Crippen LogP) is 3.48. The van der Waals surface area contributed by atoms with Crippen molar-refractivity contribution in [1.29, 1.82) is 0 Å². The van der Waals surface area contributed by atoms with Crippen LogP contribution in [-0.2, 0) is 9.53 Å². The van der Waals surface area contributed by atoms with Crippen LogP contribution in [-0.4, -0.2) is 42.2 Å². The number of halogens is 1. The van der Waals surface area contributed by atoms with Crippen LogP contribution < -0.4 is 4.90 Å². The van der Waals surface area contributed by atoms with E-state index in [9.17, 15) is 4.79 Å². The molecule has 0 bridgehead atoms. The Hall–Kier alpha value is -1.57. The Morgan fingerprint density at radius 2 is 2.22 bits per heavy atom. The van der Waals surface area contributed by atoms with Gasteiger partial charge in [-0.1, -0.05) is 11.6 Å².